The molecule has 0 atom stereocenters. The van der Waals surface area contributed by atoms with Gasteiger partial charge in [0.05, 0.1) is 19.0 Å². The summed E-state index contributed by atoms with van der Waals surface area (Å²) in [5.74, 6) is 0.361. The molecular weight excluding hydrogens is 369 g/mol. The second-order valence-electron chi connectivity index (χ2n) is 5.66. The van der Waals surface area contributed by atoms with Crippen LogP contribution in [0.3, 0.4) is 0 Å². The maximum absolute atomic E-state index is 13.0. The van der Waals surface area contributed by atoms with E-state index in [-0.39, 0.29) is 5.82 Å². The van der Waals surface area contributed by atoms with Crippen molar-refractivity contribution in [3.8, 4) is 11.3 Å². The largest absolute Gasteiger partial charge is 0.465 e. The van der Waals surface area contributed by atoms with Crippen molar-refractivity contribution in [2.45, 2.75) is 11.0 Å². The number of thioether (sulfide) groups is 1. The van der Waals surface area contributed by atoms with E-state index < -0.39 is 5.97 Å². The van der Waals surface area contributed by atoms with Gasteiger partial charge < -0.3 is 13.6 Å². The van der Waals surface area contributed by atoms with Crippen molar-refractivity contribution in [1.82, 2.24) is 14.4 Å². The molecule has 0 saturated heterocycles. The molecule has 0 aliphatic rings. The molecule has 0 spiro atoms. The molecule has 0 unspecified atom stereocenters. The van der Waals surface area contributed by atoms with Gasteiger partial charge in [-0.15, -0.1) is 0 Å². The lowest BCUT2D eigenvalue weighted by Crippen LogP contribution is -2.03. The number of ether oxygens (including phenoxy) is 1. The lowest BCUT2D eigenvalue weighted by Gasteiger charge is -2.00. The second-order valence-corrected chi connectivity index (χ2v) is 6.59. The number of nitrogens with zero attached hydrogens (tertiary/aromatic N) is 3. The van der Waals surface area contributed by atoms with Crippen LogP contribution in [0.4, 0.5) is 4.39 Å². The van der Waals surface area contributed by atoms with Crippen molar-refractivity contribution in [2.24, 2.45) is 0 Å². The SMILES string of the molecule is COC(=O)c1cccn2cc(CSc3ncc(-c4ccc(F)cc4)o3)nc12. The Morgan fingerprint density at radius 1 is 1.30 bits per heavy atom. The zero-order valence-electron chi connectivity index (χ0n) is 14.3. The molecule has 8 heteroatoms. The summed E-state index contributed by atoms with van der Waals surface area (Å²) in [7, 11) is 1.34. The van der Waals surface area contributed by atoms with E-state index in [9.17, 15) is 9.18 Å². The number of hydrogen-bond acceptors (Lipinski definition) is 6. The second kappa shape index (κ2) is 7.24. The molecule has 0 saturated carbocycles. The average molecular weight is 383 g/mol. The highest BCUT2D eigenvalue weighted by atomic mass is 32.2. The topological polar surface area (TPSA) is 69.6 Å². The summed E-state index contributed by atoms with van der Waals surface area (Å²) >= 11 is 1.38. The summed E-state index contributed by atoms with van der Waals surface area (Å²) in [5.41, 5.74) is 2.48. The van der Waals surface area contributed by atoms with Gasteiger partial charge in [0, 0.05) is 23.7 Å². The van der Waals surface area contributed by atoms with Crippen molar-refractivity contribution in [2.75, 3.05) is 7.11 Å². The maximum Gasteiger partial charge on any atom is 0.341 e. The molecule has 0 amide bonds. The smallest absolute Gasteiger partial charge is 0.341 e. The highest BCUT2D eigenvalue weighted by Gasteiger charge is 2.14. The minimum absolute atomic E-state index is 0.300. The summed E-state index contributed by atoms with van der Waals surface area (Å²) in [6.45, 7) is 0. The number of halogens is 1. The predicted molar refractivity (Wildman–Crippen MR) is 98.0 cm³/mol. The van der Waals surface area contributed by atoms with Crippen LogP contribution in [0.15, 0.2) is 64.6 Å². The lowest BCUT2D eigenvalue weighted by molar-refractivity contribution is 0.0602. The van der Waals surface area contributed by atoms with Crippen LogP contribution < -0.4 is 0 Å². The fourth-order valence-corrected chi connectivity index (χ4v) is 3.30. The first-order valence-corrected chi connectivity index (χ1v) is 9.02. The van der Waals surface area contributed by atoms with E-state index in [1.807, 2.05) is 12.4 Å². The Hall–Kier alpha value is -3.13. The highest BCUT2D eigenvalue weighted by Crippen LogP contribution is 2.27. The molecule has 3 heterocycles. The Kier molecular flexibility index (Phi) is 4.64. The van der Waals surface area contributed by atoms with Crippen LogP contribution in [0.2, 0.25) is 0 Å². The third-order valence-electron chi connectivity index (χ3n) is 3.89. The van der Waals surface area contributed by atoms with E-state index in [1.165, 1.54) is 31.0 Å². The van der Waals surface area contributed by atoms with Crippen LogP contribution in [-0.2, 0) is 10.5 Å². The van der Waals surface area contributed by atoms with Crippen LogP contribution >= 0.6 is 11.8 Å². The standard InChI is InChI=1S/C19H14FN3O3S/c1-25-18(24)15-3-2-8-23-10-14(22-17(15)23)11-27-19-21-9-16(26-19)12-4-6-13(20)7-5-12/h2-10H,11H2,1H3. The molecule has 4 aromatic rings. The molecular formula is C19H14FN3O3S. The quantitative estimate of drug-likeness (QED) is 0.380. The monoisotopic (exact) mass is 383 g/mol. The zero-order chi connectivity index (χ0) is 18.8. The molecule has 0 radical (unpaired) electrons. The Labute approximate surface area is 158 Å². The van der Waals surface area contributed by atoms with Gasteiger partial charge in [-0.05, 0) is 36.4 Å². The molecule has 0 aliphatic carbocycles. The molecule has 4 rings (SSSR count). The van der Waals surface area contributed by atoms with Gasteiger partial charge in [-0.25, -0.2) is 19.2 Å². The molecule has 0 aliphatic heterocycles. The Balaban J connectivity index is 1.51. The molecule has 0 bridgehead atoms. The maximum atomic E-state index is 13.0. The Morgan fingerprint density at radius 2 is 2.11 bits per heavy atom. The molecule has 0 fully saturated rings. The minimum Gasteiger partial charge on any atom is -0.465 e. The van der Waals surface area contributed by atoms with Gasteiger partial charge in [0.2, 0.25) is 0 Å². The number of benzene rings is 1. The third-order valence-corrected chi connectivity index (χ3v) is 4.77. The molecule has 0 N–H and O–H groups in total. The fourth-order valence-electron chi connectivity index (χ4n) is 2.61. The van der Waals surface area contributed by atoms with Gasteiger partial charge >= 0.3 is 5.97 Å². The van der Waals surface area contributed by atoms with Crippen LogP contribution in [-0.4, -0.2) is 27.4 Å². The summed E-state index contributed by atoms with van der Waals surface area (Å²) < 4.78 is 25.3. The van der Waals surface area contributed by atoms with Crippen molar-refractivity contribution >= 4 is 23.4 Å². The lowest BCUT2D eigenvalue weighted by atomic mass is 10.2. The van der Waals surface area contributed by atoms with Gasteiger partial charge in [0.1, 0.15) is 11.4 Å². The van der Waals surface area contributed by atoms with E-state index in [0.29, 0.717) is 27.9 Å². The normalized spacial score (nSPS) is 11.0. The number of hydrogen-bond donors (Lipinski definition) is 0. The number of aromatic nitrogens is 3. The first-order valence-electron chi connectivity index (χ1n) is 8.03. The van der Waals surface area contributed by atoms with Crippen molar-refractivity contribution in [3.63, 3.8) is 0 Å². The van der Waals surface area contributed by atoms with Gasteiger partial charge in [-0.2, -0.15) is 0 Å². The van der Waals surface area contributed by atoms with E-state index in [0.717, 1.165) is 11.3 Å². The van der Waals surface area contributed by atoms with Gasteiger partial charge in [0.15, 0.2) is 11.4 Å². The number of pyridine rings is 1. The number of oxazole rings is 1. The van der Waals surface area contributed by atoms with E-state index in [2.05, 4.69) is 9.97 Å². The summed E-state index contributed by atoms with van der Waals surface area (Å²) in [5, 5.41) is 0.486. The molecule has 1 aromatic carbocycles. The van der Waals surface area contributed by atoms with E-state index >= 15 is 0 Å². The van der Waals surface area contributed by atoms with Crippen LogP contribution in [0.5, 0.6) is 0 Å². The van der Waals surface area contributed by atoms with Crippen molar-refractivity contribution in [3.05, 3.63) is 72.1 Å². The highest BCUT2D eigenvalue weighted by molar-refractivity contribution is 7.98. The molecule has 27 heavy (non-hydrogen) atoms. The third kappa shape index (κ3) is 3.56. The van der Waals surface area contributed by atoms with Gasteiger partial charge in [-0.3, -0.25) is 0 Å². The van der Waals surface area contributed by atoms with Gasteiger partial charge in [0.25, 0.3) is 5.22 Å². The number of carbonyl (C=O) groups excluding carboxylic acids is 1. The summed E-state index contributed by atoms with van der Waals surface area (Å²) in [4.78, 5) is 20.6. The first-order chi connectivity index (χ1) is 13.1. The van der Waals surface area contributed by atoms with E-state index in [4.69, 9.17) is 9.15 Å². The number of methoxy groups -OCH3 is 1. The number of esters is 1. The first kappa shape index (κ1) is 17.3. The average Bonchev–Trinajstić information content (AvgIpc) is 3.32. The summed E-state index contributed by atoms with van der Waals surface area (Å²) in [6, 6.07) is 9.47. The molecule has 136 valence electrons. The predicted octanol–water partition coefficient (Wildman–Crippen LogP) is 4.21. The fraction of sp³-hybridized carbons (Fsp3) is 0.105. The Morgan fingerprint density at radius 3 is 2.89 bits per heavy atom. The number of fused-ring (bicyclic) bond motifs is 1. The van der Waals surface area contributed by atoms with Crippen molar-refractivity contribution in [1.29, 1.82) is 0 Å². The van der Waals surface area contributed by atoms with Gasteiger partial charge in [-0.1, -0.05) is 11.8 Å². The zero-order valence-corrected chi connectivity index (χ0v) is 15.1. The van der Waals surface area contributed by atoms with E-state index in [1.54, 1.807) is 34.9 Å². The number of rotatable bonds is 5. The minimum atomic E-state index is -0.429. The molecule has 3 aromatic heterocycles. The molecule has 6 nitrogen and oxygen atoms in total. The van der Waals surface area contributed by atoms with Crippen LogP contribution in [0.25, 0.3) is 17.0 Å². The number of imidazole rings is 1. The van der Waals surface area contributed by atoms with Crippen LogP contribution in [0, 0.1) is 5.82 Å². The van der Waals surface area contributed by atoms with Crippen molar-refractivity contribution < 1.29 is 18.3 Å². The van der Waals surface area contributed by atoms with Crippen LogP contribution in [0.1, 0.15) is 16.1 Å². The Bertz CT molecular complexity index is 1110. The number of carbonyl (C=O) groups is 1. The summed E-state index contributed by atoms with van der Waals surface area (Å²) in [6.07, 6.45) is 5.27.